The molecule has 4 rings (SSSR count). The molecule has 0 unspecified atom stereocenters. The number of aryl methyl sites for hydroxylation is 2. The van der Waals surface area contributed by atoms with E-state index in [1.807, 2.05) is 30.3 Å². The summed E-state index contributed by atoms with van der Waals surface area (Å²) in [4.78, 5) is 0.373. The van der Waals surface area contributed by atoms with Gasteiger partial charge in [0.25, 0.3) is 0 Å². The van der Waals surface area contributed by atoms with Gasteiger partial charge in [0.05, 0.1) is 4.90 Å². The molecular weight excluding hydrogens is 350 g/mol. The van der Waals surface area contributed by atoms with Gasteiger partial charge in [-0.05, 0) is 66.6 Å². The van der Waals surface area contributed by atoms with Gasteiger partial charge in [0, 0.05) is 13.6 Å². The van der Waals surface area contributed by atoms with E-state index in [2.05, 4.69) is 0 Å². The molecule has 1 aliphatic carbocycles. The third kappa shape index (κ3) is 3.31. The van der Waals surface area contributed by atoms with E-state index in [1.54, 1.807) is 13.1 Å². The molecule has 2 aromatic carbocycles. The molecule has 0 bridgehead atoms. The van der Waals surface area contributed by atoms with Crippen LogP contribution in [0.4, 0.5) is 0 Å². The van der Waals surface area contributed by atoms with Crippen LogP contribution in [0.5, 0.6) is 11.5 Å². The smallest absolute Gasteiger partial charge is 0.243 e. The summed E-state index contributed by atoms with van der Waals surface area (Å²) < 4.78 is 38.5. The van der Waals surface area contributed by atoms with Crippen molar-refractivity contribution < 1.29 is 17.9 Å². The highest BCUT2D eigenvalue weighted by molar-refractivity contribution is 7.89. The number of rotatable bonds is 4. The van der Waals surface area contributed by atoms with E-state index in [0.717, 1.165) is 24.8 Å². The summed E-state index contributed by atoms with van der Waals surface area (Å²) in [6.07, 6.45) is 4.32. The molecule has 0 spiro atoms. The monoisotopic (exact) mass is 373 g/mol. The van der Waals surface area contributed by atoms with Crippen molar-refractivity contribution in [3.63, 3.8) is 0 Å². The van der Waals surface area contributed by atoms with Gasteiger partial charge in [-0.1, -0.05) is 12.1 Å². The molecule has 0 atom stereocenters. The van der Waals surface area contributed by atoms with E-state index in [0.29, 0.717) is 29.6 Å². The highest BCUT2D eigenvalue weighted by atomic mass is 32.2. The van der Waals surface area contributed by atoms with Gasteiger partial charge in [0.15, 0.2) is 11.5 Å². The van der Waals surface area contributed by atoms with Crippen LogP contribution in [-0.4, -0.2) is 33.0 Å². The molecule has 0 radical (unpaired) electrons. The number of fused-ring (bicyclic) bond motifs is 2. The fourth-order valence-corrected chi connectivity index (χ4v) is 4.79. The first kappa shape index (κ1) is 17.4. The van der Waals surface area contributed by atoms with Crippen molar-refractivity contribution in [1.82, 2.24) is 4.31 Å². The van der Waals surface area contributed by atoms with Gasteiger partial charge in [-0.3, -0.25) is 0 Å². The van der Waals surface area contributed by atoms with Crippen molar-refractivity contribution in [2.45, 2.75) is 37.1 Å². The Bertz CT molecular complexity index is 923. The van der Waals surface area contributed by atoms with Crippen LogP contribution in [0.2, 0.25) is 0 Å². The first-order chi connectivity index (χ1) is 12.5. The second-order valence-electron chi connectivity index (χ2n) is 6.88. The largest absolute Gasteiger partial charge is 0.486 e. The van der Waals surface area contributed by atoms with Crippen molar-refractivity contribution >= 4 is 10.0 Å². The molecule has 138 valence electrons. The number of sulfonamides is 1. The van der Waals surface area contributed by atoms with Crippen LogP contribution in [-0.2, 0) is 29.4 Å². The van der Waals surface area contributed by atoms with Gasteiger partial charge in [-0.15, -0.1) is 0 Å². The Balaban J connectivity index is 1.56. The molecule has 0 N–H and O–H groups in total. The van der Waals surface area contributed by atoms with Crippen LogP contribution in [0.1, 0.15) is 29.5 Å². The molecule has 0 aromatic heterocycles. The number of hydrogen-bond acceptors (Lipinski definition) is 4. The van der Waals surface area contributed by atoms with Crippen LogP contribution in [0.15, 0.2) is 41.3 Å². The zero-order valence-corrected chi connectivity index (χ0v) is 15.7. The maximum absolute atomic E-state index is 13.0. The Morgan fingerprint density at radius 3 is 2.46 bits per heavy atom. The van der Waals surface area contributed by atoms with Crippen LogP contribution in [0.25, 0.3) is 0 Å². The summed E-state index contributed by atoms with van der Waals surface area (Å²) in [6.45, 7) is 1.34. The second kappa shape index (κ2) is 6.93. The molecule has 1 heterocycles. The number of hydrogen-bond donors (Lipinski definition) is 0. The predicted molar refractivity (Wildman–Crippen MR) is 99.2 cm³/mol. The van der Waals surface area contributed by atoms with Crippen molar-refractivity contribution in [2.75, 3.05) is 20.3 Å². The number of nitrogens with zero attached hydrogens (tertiary/aromatic N) is 1. The zero-order valence-electron chi connectivity index (χ0n) is 14.9. The van der Waals surface area contributed by atoms with E-state index >= 15 is 0 Å². The minimum Gasteiger partial charge on any atom is -0.486 e. The SMILES string of the molecule is CN(Cc1ccc2c(c1)OCCO2)S(=O)(=O)c1ccc2c(c1)CCCC2. The number of benzene rings is 2. The summed E-state index contributed by atoms with van der Waals surface area (Å²) in [6, 6.07) is 11.1. The highest BCUT2D eigenvalue weighted by Crippen LogP contribution is 2.32. The van der Waals surface area contributed by atoms with Gasteiger partial charge in [-0.25, -0.2) is 8.42 Å². The summed E-state index contributed by atoms with van der Waals surface area (Å²) >= 11 is 0. The van der Waals surface area contributed by atoms with E-state index < -0.39 is 10.0 Å². The Morgan fingerprint density at radius 2 is 1.65 bits per heavy atom. The minimum absolute atomic E-state index is 0.288. The quantitative estimate of drug-likeness (QED) is 0.826. The molecule has 26 heavy (non-hydrogen) atoms. The molecule has 0 amide bonds. The van der Waals surface area contributed by atoms with Crippen LogP contribution < -0.4 is 9.47 Å². The zero-order chi connectivity index (χ0) is 18.1. The fourth-order valence-electron chi connectivity index (χ4n) is 3.58. The van der Waals surface area contributed by atoms with Gasteiger partial charge in [-0.2, -0.15) is 4.31 Å². The van der Waals surface area contributed by atoms with Gasteiger partial charge < -0.3 is 9.47 Å². The lowest BCUT2D eigenvalue weighted by Crippen LogP contribution is -2.27. The Hall–Kier alpha value is -2.05. The molecule has 0 saturated carbocycles. The molecule has 2 aliphatic rings. The van der Waals surface area contributed by atoms with Crippen molar-refractivity contribution in [3.8, 4) is 11.5 Å². The maximum Gasteiger partial charge on any atom is 0.243 e. The Morgan fingerprint density at radius 1 is 0.923 bits per heavy atom. The maximum atomic E-state index is 13.0. The average molecular weight is 373 g/mol. The third-order valence-electron chi connectivity index (χ3n) is 5.04. The molecule has 2 aromatic rings. The molecular formula is C20H23NO4S. The summed E-state index contributed by atoms with van der Waals surface area (Å²) in [5, 5.41) is 0. The molecule has 1 aliphatic heterocycles. The van der Waals surface area contributed by atoms with E-state index in [1.165, 1.54) is 21.9 Å². The predicted octanol–water partition coefficient (Wildman–Crippen LogP) is 3.16. The first-order valence-corrected chi connectivity index (χ1v) is 10.4. The summed E-state index contributed by atoms with van der Waals surface area (Å²) in [5.41, 5.74) is 3.33. The van der Waals surface area contributed by atoms with Crippen molar-refractivity contribution in [1.29, 1.82) is 0 Å². The van der Waals surface area contributed by atoms with Crippen LogP contribution in [0.3, 0.4) is 0 Å². The highest BCUT2D eigenvalue weighted by Gasteiger charge is 2.23. The third-order valence-corrected chi connectivity index (χ3v) is 6.84. The molecule has 6 heteroatoms. The van der Waals surface area contributed by atoms with Crippen LogP contribution in [0, 0.1) is 0 Å². The average Bonchev–Trinajstić information content (AvgIpc) is 2.67. The van der Waals surface area contributed by atoms with Crippen molar-refractivity contribution in [3.05, 3.63) is 53.1 Å². The second-order valence-corrected chi connectivity index (χ2v) is 8.92. The standard InChI is InChI=1S/C20H23NO4S/c1-21(14-15-6-9-19-20(12-15)25-11-10-24-19)26(22,23)18-8-7-16-4-2-3-5-17(16)13-18/h6-9,12-13H,2-5,10-11,14H2,1H3. The summed E-state index contributed by atoms with van der Waals surface area (Å²) in [7, 11) is -1.91. The van der Waals surface area contributed by atoms with Crippen molar-refractivity contribution in [2.24, 2.45) is 0 Å². The van der Waals surface area contributed by atoms with Gasteiger partial charge in [0.1, 0.15) is 13.2 Å². The fraction of sp³-hybridized carbons (Fsp3) is 0.400. The Labute approximate surface area is 154 Å². The minimum atomic E-state index is -3.53. The number of ether oxygens (including phenoxy) is 2. The van der Waals surface area contributed by atoms with E-state index in [-0.39, 0.29) is 6.54 Å². The topological polar surface area (TPSA) is 55.8 Å². The lowest BCUT2D eigenvalue weighted by atomic mass is 9.92. The van der Waals surface area contributed by atoms with Crippen LogP contribution >= 0.6 is 0 Å². The van der Waals surface area contributed by atoms with E-state index in [9.17, 15) is 8.42 Å². The van der Waals surface area contributed by atoms with Gasteiger partial charge >= 0.3 is 0 Å². The lowest BCUT2D eigenvalue weighted by molar-refractivity contribution is 0.171. The Kier molecular flexibility index (Phi) is 4.63. The molecule has 0 saturated heterocycles. The van der Waals surface area contributed by atoms with E-state index in [4.69, 9.17) is 9.47 Å². The first-order valence-electron chi connectivity index (χ1n) is 9.01. The normalized spacial score (nSPS) is 16.4. The molecule has 5 nitrogen and oxygen atoms in total. The summed E-state index contributed by atoms with van der Waals surface area (Å²) in [5.74, 6) is 1.38. The molecule has 0 fully saturated rings. The lowest BCUT2D eigenvalue weighted by Gasteiger charge is -2.22. The van der Waals surface area contributed by atoms with Gasteiger partial charge in [0.2, 0.25) is 10.0 Å².